The Morgan fingerprint density at radius 2 is 1.88 bits per heavy atom. The zero-order valence-electron chi connectivity index (χ0n) is 19.2. The SMILES string of the molecule is CCCCN(c1cc(F)c(Cl)cc1-c1nnc(CNC(C)C)n1C)S(=O)(=O)c1ccccc1. The number of benzene rings is 2. The molecule has 0 unspecified atom stereocenters. The maximum atomic E-state index is 14.7. The molecule has 0 radical (unpaired) electrons. The Hall–Kier alpha value is -2.49. The molecule has 3 aromatic rings. The largest absolute Gasteiger partial charge is 0.313 e. The quantitative estimate of drug-likeness (QED) is 0.440. The van der Waals surface area contributed by atoms with Crippen LogP contribution in [0.4, 0.5) is 10.1 Å². The van der Waals surface area contributed by atoms with Crippen LogP contribution in [0.5, 0.6) is 0 Å². The van der Waals surface area contributed by atoms with Crippen LogP contribution >= 0.6 is 11.6 Å². The molecule has 1 aromatic heterocycles. The number of nitrogens with zero attached hydrogens (tertiary/aromatic N) is 4. The molecule has 0 aliphatic heterocycles. The van der Waals surface area contributed by atoms with Gasteiger partial charge in [0.1, 0.15) is 11.6 Å². The monoisotopic (exact) mass is 493 g/mol. The number of sulfonamides is 1. The van der Waals surface area contributed by atoms with Crippen molar-refractivity contribution in [3.8, 4) is 11.4 Å². The molecule has 1 heterocycles. The molecule has 1 N–H and O–H groups in total. The number of unbranched alkanes of at least 4 members (excludes halogenated alkanes) is 1. The second-order valence-electron chi connectivity index (χ2n) is 8.06. The topological polar surface area (TPSA) is 80.1 Å². The molecule has 0 aliphatic rings. The van der Waals surface area contributed by atoms with Gasteiger partial charge >= 0.3 is 0 Å². The molecule has 3 rings (SSSR count). The average molecular weight is 494 g/mol. The fourth-order valence-electron chi connectivity index (χ4n) is 3.36. The summed E-state index contributed by atoms with van der Waals surface area (Å²) in [6.07, 6.45) is 1.36. The second kappa shape index (κ2) is 10.6. The van der Waals surface area contributed by atoms with Crippen LogP contribution in [0.1, 0.15) is 39.4 Å². The molecule has 0 spiro atoms. The maximum Gasteiger partial charge on any atom is 0.264 e. The van der Waals surface area contributed by atoms with Crippen molar-refractivity contribution < 1.29 is 12.8 Å². The number of nitrogens with one attached hydrogen (secondary N) is 1. The van der Waals surface area contributed by atoms with Gasteiger partial charge in [0, 0.05) is 31.3 Å². The minimum absolute atomic E-state index is 0.119. The van der Waals surface area contributed by atoms with Gasteiger partial charge in [-0.1, -0.05) is 57.0 Å². The van der Waals surface area contributed by atoms with Crippen LogP contribution in [0, 0.1) is 5.82 Å². The van der Waals surface area contributed by atoms with Crippen molar-refractivity contribution in [1.82, 2.24) is 20.1 Å². The van der Waals surface area contributed by atoms with E-state index in [4.69, 9.17) is 11.6 Å². The van der Waals surface area contributed by atoms with E-state index < -0.39 is 15.8 Å². The predicted octanol–water partition coefficient (Wildman–Crippen LogP) is 4.77. The van der Waals surface area contributed by atoms with Gasteiger partial charge in [-0.2, -0.15) is 0 Å². The summed E-state index contributed by atoms with van der Waals surface area (Å²) in [7, 11) is -2.17. The van der Waals surface area contributed by atoms with Crippen LogP contribution in [0.15, 0.2) is 47.4 Å². The Morgan fingerprint density at radius 1 is 1.18 bits per heavy atom. The van der Waals surface area contributed by atoms with Crippen LogP contribution in [-0.2, 0) is 23.6 Å². The molecule has 0 aliphatic carbocycles. The molecule has 0 amide bonds. The van der Waals surface area contributed by atoms with Crippen LogP contribution in [-0.4, -0.2) is 35.8 Å². The summed E-state index contributed by atoms with van der Waals surface area (Å²) >= 11 is 6.13. The molecule has 2 aromatic carbocycles. The Kier molecular flexibility index (Phi) is 8.10. The van der Waals surface area contributed by atoms with Gasteiger partial charge in [0.05, 0.1) is 22.2 Å². The van der Waals surface area contributed by atoms with Crippen molar-refractivity contribution in [3.05, 3.63) is 59.1 Å². The van der Waals surface area contributed by atoms with E-state index in [0.29, 0.717) is 30.2 Å². The highest BCUT2D eigenvalue weighted by molar-refractivity contribution is 7.92. The van der Waals surface area contributed by atoms with Crippen molar-refractivity contribution in [3.63, 3.8) is 0 Å². The lowest BCUT2D eigenvalue weighted by Gasteiger charge is -2.27. The third-order valence-electron chi connectivity index (χ3n) is 5.23. The Labute approximate surface area is 199 Å². The van der Waals surface area contributed by atoms with E-state index in [9.17, 15) is 12.8 Å². The molecule has 0 atom stereocenters. The first-order valence-corrected chi connectivity index (χ1v) is 12.7. The normalized spacial score (nSPS) is 11.8. The molecule has 7 nitrogen and oxygen atoms in total. The van der Waals surface area contributed by atoms with E-state index in [1.165, 1.54) is 22.5 Å². The molecule has 33 heavy (non-hydrogen) atoms. The summed E-state index contributed by atoms with van der Waals surface area (Å²) in [5, 5.41) is 11.7. The van der Waals surface area contributed by atoms with E-state index in [0.717, 1.165) is 12.5 Å². The van der Waals surface area contributed by atoms with E-state index >= 15 is 0 Å². The highest BCUT2D eigenvalue weighted by Gasteiger charge is 2.29. The number of aromatic nitrogens is 3. The number of anilines is 1. The number of rotatable bonds is 10. The van der Waals surface area contributed by atoms with Crippen LogP contribution in [0.2, 0.25) is 5.02 Å². The second-order valence-corrected chi connectivity index (χ2v) is 10.3. The van der Waals surface area contributed by atoms with Crippen LogP contribution < -0.4 is 9.62 Å². The standard InChI is InChI=1S/C23H29ClFN5O2S/c1-5-6-12-30(33(31,32)17-10-8-7-9-11-17)21-14-20(25)19(24)13-18(21)23-28-27-22(29(23)4)15-26-16(2)3/h7-11,13-14,16,26H,5-6,12,15H2,1-4H3. The van der Waals surface area contributed by atoms with Gasteiger partial charge in [-0.15, -0.1) is 10.2 Å². The molecule has 0 saturated carbocycles. The van der Waals surface area contributed by atoms with Crippen LogP contribution in [0.25, 0.3) is 11.4 Å². The van der Waals surface area contributed by atoms with Gasteiger partial charge in [0.15, 0.2) is 5.82 Å². The van der Waals surface area contributed by atoms with Gasteiger partial charge in [0.2, 0.25) is 0 Å². The Morgan fingerprint density at radius 3 is 2.52 bits per heavy atom. The van der Waals surface area contributed by atoms with E-state index in [-0.39, 0.29) is 28.2 Å². The summed E-state index contributed by atoms with van der Waals surface area (Å²) in [5.74, 6) is 0.359. The van der Waals surface area contributed by atoms with Gasteiger partial charge in [-0.3, -0.25) is 4.31 Å². The summed E-state index contributed by atoms with van der Waals surface area (Å²) in [6.45, 7) is 6.67. The zero-order chi connectivity index (χ0) is 24.2. The van der Waals surface area contributed by atoms with Gasteiger partial charge in [-0.25, -0.2) is 12.8 Å². The number of halogens is 2. The smallest absolute Gasteiger partial charge is 0.264 e. The van der Waals surface area contributed by atoms with E-state index in [1.807, 2.05) is 20.8 Å². The highest BCUT2D eigenvalue weighted by atomic mass is 35.5. The molecule has 10 heteroatoms. The number of hydrogen-bond donors (Lipinski definition) is 1. The minimum atomic E-state index is -3.96. The lowest BCUT2D eigenvalue weighted by Crippen LogP contribution is -2.32. The Balaban J connectivity index is 2.18. The fourth-order valence-corrected chi connectivity index (χ4v) is 5.06. The highest BCUT2D eigenvalue weighted by Crippen LogP contribution is 2.37. The van der Waals surface area contributed by atoms with Gasteiger partial charge < -0.3 is 9.88 Å². The van der Waals surface area contributed by atoms with Crippen molar-refractivity contribution >= 4 is 27.3 Å². The molecule has 0 fully saturated rings. The van der Waals surface area contributed by atoms with E-state index in [2.05, 4.69) is 15.5 Å². The molecule has 0 bridgehead atoms. The minimum Gasteiger partial charge on any atom is -0.313 e. The van der Waals surface area contributed by atoms with Gasteiger partial charge in [-0.05, 0) is 24.6 Å². The van der Waals surface area contributed by atoms with Crippen molar-refractivity contribution in [2.75, 3.05) is 10.8 Å². The summed E-state index contributed by atoms with van der Waals surface area (Å²) < 4.78 is 44.9. The third-order valence-corrected chi connectivity index (χ3v) is 7.34. The molecular formula is C23H29ClFN5O2S. The third kappa shape index (κ3) is 5.54. The van der Waals surface area contributed by atoms with Crippen LogP contribution in [0.3, 0.4) is 0 Å². The first kappa shape index (κ1) is 25.1. The first-order chi connectivity index (χ1) is 15.7. The molecule has 0 saturated heterocycles. The average Bonchev–Trinajstić information content (AvgIpc) is 3.15. The maximum absolute atomic E-state index is 14.7. The summed E-state index contributed by atoms with van der Waals surface area (Å²) in [5.41, 5.74) is 0.566. The molecule has 178 valence electrons. The summed E-state index contributed by atoms with van der Waals surface area (Å²) in [4.78, 5) is 0.127. The summed E-state index contributed by atoms with van der Waals surface area (Å²) in [6, 6.07) is 10.9. The lowest BCUT2D eigenvalue weighted by molar-refractivity contribution is 0.561. The number of hydrogen-bond acceptors (Lipinski definition) is 5. The van der Waals surface area contributed by atoms with E-state index in [1.54, 1.807) is 29.8 Å². The molecular weight excluding hydrogens is 465 g/mol. The zero-order valence-corrected chi connectivity index (χ0v) is 20.8. The lowest BCUT2D eigenvalue weighted by atomic mass is 10.1. The van der Waals surface area contributed by atoms with Crippen molar-refractivity contribution in [2.24, 2.45) is 7.05 Å². The van der Waals surface area contributed by atoms with Gasteiger partial charge in [0.25, 0.3) is 10.0 Å². The predicted molar refractivity (Wildman–Crippen MR) is 129 cm³/mol. The fraction of sp³-hybridized carbons (Fsp3) is 0.391. The Bertz CT molecular complexity index is 1200. The van der Waals surface area contributed by atoms with Crippen molar-refractivity contribution in [2.45, 2.75) is 51.1 Å². The first-order valence-electron chi connectivity index (χ1n) is 10.9. The van der Waals surface area contributed by atoms with Crippen molar-refractivity contribution in [1.29, 1.82) is 0 Å².